The van der Waals surface area contributed by atoms with Crippen LogP contribution in [0.4, 0.5) is 0 Å². The molecule has 0 aromatic carbocycles. The summed E-state index contributed by atoms with van der Waals surface area (Å²) in [6.45, 7) is 4.24. The summed E-state index contributed by atoms with van der Waals surface area (Å²) in [6, 6.07) is 0. The fourth-order valence-corrected chi connectivity index (χ4v) is 1.27. The maximum atomic E-state index is 4.33. The lowest BCUT2D eigenvalue weighted by atomic mass is 9.96. The lowest BCUT2D eigenvalue weighted by Gasteiger charge is -2.04. The van der Waals surface area contributed by atoms with Crippen LogP contribution in [0.25, 0.3) is 0 Å². The number of aliphatic imine (C=N–C) groups is 1. The second kappa shape index (κ2) is 1.18. The van der Waals surface area contributed by atoms with Crippen LogP contribution < -0.4 is 0 Å². The van der Waals surface area contributed by atoms with Crippen molar-refractivity contribution in [1.29, 1.82) is 0 Å². The van der Waals surface area contributed by atoms with Gasteiger partial charge in [0, 0.05) is 0 Å². The lowest BCUT2D eigenvalue weighted by molar-refractivity contribution is 0.919. The zero-order chi connectivity index (χ0) is 6.48. The predicted octanol–water partition coefficient (Wildman–Crippen LogP) is 1.72. The van der Waals surface area contributed by atoms with Gasteiger partial charge in [-0.3, -0.25) is 4.99 Å². The summed E-state index contributed by atoms with van der Waals surface area (Å²) in [7, 11) is 0. The molecule has 0 saturated heterocycles. The molecule has 0 amide bonds. The molecule has 0 aromatic rings. The first-order chi connectivity index (χ1) is 4.22. The zero-order valence-electron chi connectivity index (χ0n) is 5.68. The van der Waals surface area contributed by atoms with Gasteiger partial charge in [0.15, 0.2) is 0 Å². The Kier molecular flexibility index (Phi) is 0.652. The molecule has 2 aliphatic rings. The normalized spacial score (nSPS) is 37.1. The fourth-order valence-electron chi connectivity index (χ4n) is 1.27. The quantitative estimate of drug-likeness (QED) is 0.460. The monoisotopic (exact) mass is 119 g/mol. The molecule has 46 valence electrons. The highest BCUT2D eigenvalue weighted by Gasteiger charge is 2.41. The summed E-state index contributed by atoms with van der Waals surface area (Å²) in [5.41, 5.74) is 2.70. The van der Waals surface area contributed by atoms with E-state index in [0.29, 0.717) is 0 Å². The minimum absolute atomic E-state index is 0.110. The van der Waals surface area contributed by atoms with Crippen molar-refractivity contribution in [2.75, 3.05) is 0 Å². The Balaban J connectivity index is 2.41. The third-order valence-electron chi connectivity index (χ3n) is 1.91. The number of allylic oxidation sites excluding steroid dienone is 2. The molecule has 0 spiro atoms. The number of nitrogens with zero attached hydrogens (tertiary/aromatic N) is 1. The minimum Gasteiger partial charge on any atom is -0.270 e. The Morgan fingerprint density at radius 2 is 2.33 bits per heavy atom. The van der Waals surface area contributed by atoms with Crippen molar-refractivity contribution < 1.29 is 0 Å². The molecule has 0 bridgehead atoms. The predicted molar refractivity (Wildman–Crippen MR) is 38.7 cm³/mol. The van der Waals surface area contributed by atoms with Crippen LogP contribution in [0.15, 0.2) is 28.8 Å². The van der Waals surface area contributed by atoms with Crippen molar-refractivity contribution in [2.24, 2.45) is 4.99 Å². The second-order valence-corrected chi connectivity index (χ2v) is 2.82. The molecule has 1 heterocycles. The van der Waals surface area contributed by atoms with E-state index in [0.717, 1.165) is 0 Å². The average molecular weight is 119 g/mol. The van der Waals surface area contributed by atoms with Crippen molar-refractivity contribution in [2.45, 2.75) is 19.4 Å². The molecule has 0 fully saturated rings. The van der Waals surface area contributed by atoms with Gasteiger partial charge in [0.2, 0.25) is 0 Å². The van der Waals surface area contributed by atoms with Crippen molar-refractivity contribution in [3.63, 3.8) is 0 Å². The molecule has 0 saturated carbocycles. The fraction of sp³-hybridized carbons (Fsp3) is 0.375. The van der Waals surface area contributed by atoms with E-state index in [2.05, 4.69) is 37.1 Å². The summed E-state index contributed by atoms with van der Waals surface area (Å²) in [4.78, 5) is 4.33. The molecule has 2 rings (SSSR count). The summed E-state index contributed by atoms with van der Waals surface area (Å²) < 4.78 is 0. The molecule has 0 N–H and O–H groups in total. The summed E-state index contributed by atoms with van der Waals surface area (Å²) in [6.07, 6.45) is 6.32. The maximum absolute atomic E-state index is 4.33. The van der Waals surface area contributed by atoms with E-state index in [-0.39, 0.29) is 5.54 Å². The van der Waals surface area contributed by atoms with E-state index in [1.165, 1.54) is 11.3 Å². The summed E-state index contributed by atoms with van der Waals surface area (Å²) in [5, 5.41) is 0. The van der Waals surface area contributed by atoms with Crippen molar-refractivity contribution in [3.8, 4) is 0 Å². The molecule has 1 aliphatic heterocycles. The molecule has 1 nitrogen and oxygen atoms in total. The molecule has 1 atom stereocenters. The molecule has 0 radical (unpaired) electrons. The number of rotatable bonds is 0. The Morgan fingerprint density at radius 3 is 2.89 bits per heavy atom. The second-order valence-electron chi connectivity index (χ2n) is 2.82. The van der Waals surface area contributed by atoms with Gasteiger partial charge < -0.3 is 0 Å². The van der Waals surface area contributed by atoms with Crippen LogP contribution in [-0.4, -0.2) is 11.3 Å². The Hall–Kier alpha value is -0.850. The summed E-state index contributed by atoms with van der Waals surface area (Å²) in [5.74, 6) is 0. The van der Waals surface area contributed by atoms with Crippen LogP contribution >= 0.6 is 0 Å². The van der Waals surface area contributed by atoms with Crippen LogP contribution in [0.1, 0.15) is 13.8 Å². The third kappa shape index (κ3) is 0.517. The zero-order valence-corrected chi connectivity index (χ0v) is 5.68. The number of hydrogen-bond acceptors (Lipinski definition) is 1. The molecular formula is C8H9N. The van der Waals surface area contributed by atoms with Crippen LogP contribution in [-0.2, 0) is 0 Å². The van der Waals surface area contributed by atoms with Gasteiger partial charge in [-0.25, -0.2) is 0 Å². The van der Waals surface area contributed by atoms with Crippen molar-refractivity contribution >= 4 is 5.71 Å². The van der Waals surface area contributed by atoms with Gasteiger partial charge in [0.1, 0.15) is 5.54 Å². The highest BCUT2D eigenvalue weighted by atomic mass is 15.0. The SMILES string of the molecule is CC1=CC=CC2(C)N=C12. The van der Waals surface area contributed by atoms with Gasteiger partial charge in [-0.2, -0.15) is 0 Å². The van der Waals surface area contributed by atoms with E-state index >= 15 is 0 Å². The van der Waals surface area contributed by atoms with Crippen LogP contribution in [0, 0.1) is 0 Å². The Morgan fingerprint density at radius 1 is 1.56 bits per heavy atom. The maximum Gasteiger partial charge on any atom is 0.118 e. The van der Waals surface area contributed by atoms with Crippen molar-refractivity contribution in [3.05, 3.63) is 23.8 Å². The lowest BCUT2D eigenvalue weighted by Crippen LogP contribution is -2.12. The average Bonchev–Trinajstić information content (AvgIpc) is 2.43. The first-order valence-corrected chi connectivity index (χ1v) is 3.19. The first kappa shape index (κ1) is 4.98. The number of hydrogen-bond donors (Lipinski definition) is 0. The standard InChI is InChI=1S/C8H9N/c1-6-4-3-5-8(2)7(6)9-8/h3-5H,1-2H3. The molecule has 1 aliphatic carbocycles. The van der Waals surface area contributed by atoms with E-state index in [1.54, 1.807) is 0 Å². The molecule has 0 aromatic heterocycles. The van der Waals surface area contributed by atoms with E-state index < -0.39 is 0 Å². The van der Waals surface area contributed by atoms with Gasteiger partial charge in [-0.1, -0.05) is 18.2 Å². The van der Waals surface area contributed by atoms with Gasteiger partial charge in [-0.05, 0) is 19.4 Å². The van der Waals surface area contributed by atoms with Gasteiger partial charge >= 0.3 is 0 Å². The van der Waals surface area contributed by atoms with Crippen LogP contribution in [0.2, 0.25) is 0 Å². The molecule has 1 heteroatoms. The summed E-state index contributed by atoms with van der Waals surface area (Å²) >= 11 is 0. The van der Waals surface area contributed by atoms with Gasteiger partial charge in [0.05, 0.1) is 5.71 Å². The Bertz CT molecular complexity index is 245. The van der Waals surface area contributed by atoms with E-state index in [1.807, 2.05) is 0 Å². The van der Waals surface area contributed by atoms with Gasteiger partial charge in [-0.15, -0.1) is 0 Å². The van der Waals surface area contributed by atoms with Crippen LogP contribution in [0.5, 0.6) is 0 Å². The van der Waals surface area contributed by atoms with Crippen LogP contribution in [0.3, 0.4) is 0 Å². The molecule has 1 unspecified atom stereocenters. The largest absolute Gasteiger partial charge is 0.270 e. The third-order valence-corrected chi connectivity index (χ3v) is 1.91. The molecule has 9 heavy (non-hydrogen) atoms. The van der Waals surface area contributed by atoms with Crippen molar-refractivity contribution in [1.82, 2.24) is 0 Å². The van der Waals surface area contributed by atoms with Gasteiger partial charge in [0.25, 0.3) is 0 Å². The highest BCUT2D eigenvalue weighted by Crippen LogP contribution is 2.35. The smallest absolute Gasteiger partial charge is 0.118 e. The first-order valence-electron chi connectivity index (χ1n) is 3.19. The van der Waals surface area contributed by atoms with E-state index in [4.69, 9.17) is 0 Å². The minimum atomic E-state index is 0.110. The Labute approximate surface area is 54.8 Å². The number of fused-ring (bicyclic) bond motifs is 1. The van der Waals surface area contributed by atoms with E-state index in [9.17, 15) is 0 Å². The topological polar surface area (TPSA) is 12.4 Å². The highest BCUT2D eigenvalue weighted by molar-refractivity contribution is 6.18. The molecular weight excluding hydrogens is 110 g/mol.